The Hall–Kier alpha value is -2.40. The number of thiazole rings is 1. The van der Waals surface area contributed by atoms with Crippen LogP contribution in [0.1, 0.15) is 28.6 Å². The van der Waals surface area contributed by atoms with Crippen molar-refractivity contribution in [2.24, 2.45) is 0 Å². The molecule has 4 rings (SSSR count). The van der Waals surface area contributed by atoms with Crippen LogP contribution in [0.5, 0.6) is 0 Å². The second-order valence-corrected chi connectivity index (χ2v) is 6.81. The largest absolute Gasteiger partial charge is 0.332 e. The Morgan fingerprint density at radius 3 is 2.91 bits per heavy atom. The smallest absolute Gasteiger partial charge is 0.315 e. The molecule has 1 aromatic heterocycles. The van der Waals surface area contributed by atoms with Gasteiger partial charge in [-0.25, -0.2) is 9.78 Å². The lowest BCUT2D eigenvalue weighted by molar-refractivity contribution is 0.236. The van der Waals surface area contributed by atoms with Crippen molar-refractivity contribution in [3.8, 4) is 0 Å². The Kier molecular flexibility index (Phi) is 3.71. The summed E-state index contributed by atoms with van der Waals surface area (Å²) in [7, 11) is 0. The zero-order valence-corrected chi connectivity index (χ0v) is 13.4. The number of carbonyl (C=O) groups is 1. The number of fused-ring (bicyclic) bond motifs is 2. The van der Waals surface area contributed by atoms with E-state index in [1.165, 1.54) is 11.1 Å². The van der Waals surface area contributed by atoms with Crippen LogP contribution in [-0.2, 0) is 13.0 Å². The maximum absolute atomic E-state index is 12.2. The van der Waals surface area contributed by atoms with Crippen LogP contribution in [0, 0.1) is 0 Å². The highest BCUT2D eigenvalue weighted by molar-refractivity contribution is 7.18. The first-order valence-electron chi connectivity index (χ1n) is 7.76. The number of aromatic nitrogens is 1. The van der Waals surface area contributed by atoms with E-state index in [-0.39, 0.29) is 12.1 Å². The van der Waals surface area contributed by atoms with E-state index in [4.69, 9.17) is 0 Å². The molecule has 1 aliphatic carbocycles. The van der Waals surface area contributed by atoms with Crippen molar-refractivity contribution in [1.82, 2.24) is 15.6 Å². The SMILES string of the molecule is O=C(NCc1nc2ccccc2s1)NC1CCc2ccccc21. The van der Waals surface area contributed by atoms with Gasteiger partial charge in [0.1, 0.15) is 5.01 Å². The molecule has 2 amide bonds. The number of hydrogen-bond donors (Lipinski definition) is 2. The Labute approximate surface area is 138 Å². The quantitative estimate of drug-likeness (QED) is 0.770. The molecule has 0 saturated heterocycles. The van der Waals surface area contributed by atoms with Crippen molar-refractivity contribution in [2.45, 2.75) is 25.4 Å². The number of hydrogen-bond acceptors (Lipinski definition) is 3. The second-order valence-electron chi connectivity index (χ2n) is 5.69. The molecular formula is C18H17N3OS. The fourth-order valence-electron chi connectivity index (χ4n) is 3.07. The van der Waals surface area contributed by atoms with Crippen molar-refractivity contribution in [3.63, 3.8) is 0 Å². The van der Waals surface area contributed by atoms with Gasteiger partial charge in [-0.3, -0.25) is 0 Å². The molecule has 116 valence electrons. The molecule has 1 aliphatic rings. The van der Waals surface area contributed by atoms with Crippen LogP contribution in [0.15, 0.2) is 48.5 Å². The number of nitrogens with zero attached hydrogens (tertiary/aromatic N) is 1. The number of rotatable bonds is 3. The van der Waals surface area contributed by atoms with Crippen molar-refractivity contribution >= 4 is 27.6 Å². The van der Waals surface area contributed by atoms with E-state index in [0.29, 0.717) is 6.54 Å². The average Bonchev–Trinajstić information content (AvgIpc) is 3.17. The van der Waals surface area contributed by atoms with E-state index in [2.05, 4.69) is 33.8 Å². The molecule has 23 heavy (non-hydrogen) atoms. The standard InChI is InChI=1S/C18H17N3OS/c22-18(21-14-10-9-12-5-1-2-6-13(12)14)19-11-17-20-15-7-3-4-8-16(15)23-17/h1-8,14H,9-11H2,(H2,19,21,22). The first kappa shape index (κ1) is 14.2. The van der Waals surface area contributed by atoms with Gasteiger partial charge in [0, 0.05) is 0 Å². The van der Waals surface area contributed by atoms with Crippen molar-refractivity contribution in [1.29, 1.82) is 0 Å². The monoisotopic (exact) mass is 323 g/mol. The van der Waals surface area contributed by atoms with Crippen molar-refractivity contribution < 1.29 is 4.79 Å². The van der Waals surface area contributed by atoms with Gasteiger partial charge in [-0.05, 0) is 36.1 Å². The Morgan fingerprint density at radius 2 is 2.00 bits per heavy atom. The lowest BCUT2D eigenvalue weighted by Crippen LogP contribution is -2.36. The molecular weight excluding hydrogens is 306 g/mol. The summed E-state index contributed by atoms with van der Waals surface area (Å²) in [5, 5.41) is 6.91. The Bertz CT molecular complexity index is 825. The number of carbonyl (C=O) groups excluding carboxylic acids is 1. The summed E-state index contributed by atoms with van der Waals surface area (Å²) in [6.07, 6.45) is 1.99. The summed E-state index contributed by atoms with van der Waals surface area (Å²) in [4.78, 5) is 16.7. The third-order valence-electron chi connectivity index (χ3n) is 4.18. The minimum absolute atomic E-state index is 0.113. The molecule has 2 aromatic carbocycles. The molecule has 0 fully saturated rings. The molecule has 4 nitrogen and oxygen atoms in total. The molecule has 0 saturated carbocycles. The number of amides is 2. The molecule has 0 spiro atoms. The van der Waals surface area contributed by atoms with E-state index in [9.17, 15) is 4.79 Å². The Morgan fingerprint density at radius 1 is 1.17 bits per heavy atom. The molecule has 0 radical (unpaired) electrons. The van der Waals surface area contributed by atoms with Crippen LogP contribution < -0.4 is 10.6 Å². The predicted octanol–water partition coefficient (Wildman–Crippen LogP) is 3.78. The van der Waals surface area contributed by atoms with E-state index < -0.39 is 0 Å². The topological polar surface area (TPSA) is 54.0 Å². The van der Waals surface area contributed by atoms with E-state index >= 15 is 0 Å². The van der Waals surface area contributed by atoms with Gasteiger partial charge in [0.15, 0.2) is 0 Å². The fraction of sp³-hybridized carbons (Fsp3) is 0.222. The zero-order chi connectivity index (χ0) is 15.6. The molecule has 1 unspecified atom stereocenters. The summed E-state index contributed by atoms with van der Waals surface area (Å²) in [5.74, 6) is 0. The third-order valence-corrected chi connectivity index (χ3v) is 5.21. The van der Waals surface area contributed by atoms with Gasteiger partial charge in [-0.1, -0.05) is 36.4 Å². The first-order chi connectivity index (χ1) is 11.3. The van der Waals surface area contributed by atoms with Crippen molar-refractivity contribution in [3.05, 3.63) is 64.7 Å². The van der Waals surface area contributed by atoms with E-state index in [1.807, 2.05) is 30.3 Å². The van der Waals surface area contributed by atoms with Crippen LogP contribution in [0.2, 0.25) is 0 Å². The molecule has 3 aromatic rings. The third kappa shape index (κ3) is 2.92. The number of para-hydroxylation sites is 1. The van der Waals surface area contributed by atoms with Gasteiger partial charge >= 0.3 is 6.03 Å². The highest BCUT2D eigenvalue weighted by Crippen LogP contribution is 2.30. The molecule has 1 atom stereocenters. The van der Waals surface area contributed by atoms with Gasteiger partial charge in [0.05, 0.1) is 22.8 Å². The Balaban J connectivity index is 1.37. The van der Waals surface area contributed by atoms with E-state index in [0.717, 1.165) is 28.1 Å². The van der Waals surface area contributed by atoms with Gasteiger partial charge < -0.3 is 10.6 Å². The normalized spacial score (nSPS) is 16.3. The van der Waals surface area contributed by atoms with E-state index in [1.54, 1.807) is 11.3 Å². The maximum Gasteiger partial charge on any atom is 0.315 e. The predicted molar refractivity (Wildman–Crippen MR) is 92.5 cm³/mol. The summed E-state index contributed by atoms with van der Waals surface area (Å²) in [6.45, 7) is 0.458. The summed E-state index contributed by atoms with van der Waals surface area (Å²) in [6, 6.07) is 16.3. The molecule has 1 heterocycles. The minimum Gasteiger partial charge on any atom is -0.332 e. The molecule has 0 bridgehead atoms. The average molecular weight is 323 g/mol. The minimum atomic E-state index is -0.133. The lowest BCUT2D eigenvalue weighted by atomic mass is 10.1. The molecule has 0 aliphatic heterocycles. The number of nitrogens with one attached hydrogen (secondary N) is 2. The van der Waals surface area contributed by atoms with Gasteiger partial charge in [0.2, 0.25) is 0 Å². The van der Waals surface area contributed by atoms with Gasteiger partial charge in [-0.15, -0.1) is 11.3 Å². The lowest BCUT2D eigenvalue weighted by Gasteiger charge is -2.14. The summed E-state index contributed by atoms with van der Waals surface area (Å²) >= 11 is 1.62. The highest BCUT2D eigenvalue weighted by Gasteiger charge is 2.23. The maximum atomic E-state index is 12.2. The summed E-state index contributed by atoms with van der Waals surface area (Å²) in [5.41, 5.74) is 3.56. The fourth-order valence-corrected chi connectivity index (χ4v) is 3.97. The highest BCUT2D eigenvalue weighted by atomic mass is 32.1. The number of benzene rings is 2. The van der Waals surface area contributed by atoms with Crippen LogP contribution in [-0.4, -0.2) is 11.0 Å². The van der Waals surface area contributed by atoms with Crippen molar-refractivity contribution in [2.75, 3.05) is 0 Å². The summed E-state index contributed by atoms with van der Waals surface area (Å²) < 4.78 is 1.15. The first-order valence-corrected chi connectivity index (χ1v) is 8.58. The van der Waals surface area contributed by atoms with Gasteiger partial charge in [0.25, 0.3) is 0 Å². The van der Waals surface area contributed by atoms with Crippen LogP contribution in [0.4, 0.5) is 4.79 Å². The van der Waals surface area contributed by atoms with Gasteiger partial charge in [-0.2, -0.15) is 0 Å². The number of urea groups is 1. The van der Waals surface area contributed by atoms with Crippen LogP contribution >= 0.6 is 11.3 Å². The zero-order valence-electron chi connectivity index (χ0n) is 12.6. The molecule has 5 heteroatoms. The second kappa shape index (κ2) is 6.01. The molecule has 2 N–H and O–H groups in total. The van der Waals surface area contributed by atoms with Crippen LogP contribution in [0.3, 0.4) is 0 Å². The number of aryl methyl sites for hydroxylation is 1. The van der Waals surface area contributed by atoms with Crippen LogP contribution in [0.25, 0.3) is 10.2 Å².